The van der Waals surface area contributed by atoms with E-state index in [1.807, 2.05) is 26.0 Å². The van der Waals surface area contributed by atoms with Gasteiger partial charge in [0.05, 0.1) is 36.9 Å². The van der Waals surface area contributed by atoms with E-state index in [4.69, 9.17) is 16.3 Å². The highest BCUT2D eigenvalue weighted by atomic mass is 35.5. The molecule has 1 fully saturated rings. The molecule has 9 heteroatoms. The predicted molar refractivity (Wildman–Crippen MR) is 125 cm³/mol. The minimum atomic E-state index is -0.298. The van der Waals surface area contributed by atoms with Gasteiger partial charge in [0.25, 0.3) is 0 Å². The van der Waals surface area contributed by atoms with E-state index in [2.05, 4.69) is 5.10 Å². The molecule has 0 aliphatic carbocycles. The van der Waals surface area contributed by atoms with Crippen LogP contribution in [0, 0.1) is 19.8 Å². The Kier molecular flexibility index (Phi) is 8.13. The van der Waals surface area contributed by atoms with Crippen molar-refractivity contribution in [3.63, 3.8) is 0 Å². The van der Waals surface area contributed by atoms with E-state index in [0.717, 1.165) is 29.1 Å². The number of halogens is 1. The summed E-state index contributed by atoms with van der Waals surface area (Å²) in [6, 6.07) is 7.34. The summed E-state index contributed by atoms with van der Waals surface area (Å²) in [6.07, 6.45) is 1.61. The fraction of sp³-hybridized carbons (Fsp3) is 0.500. The Hall–Kier alpha value is -2.87. The van der Waals surface area contributed by atoms with Gasteiger partial charge in [0.1, 0.15) is 0 Å². The van der Waals surface area contributed by atoms with E-state index in [1.165, 1.54) is 4.90 Å². The summed E-state index contributed by atoms with van der Waals surface area (Å²) >= 11 is 5.98. The number of piperidine rings is 1. The van der Waals surface area contributed by atoms with E-state index < -0.39 is 0 Å². The number of rotatable bonds is 7. The van der Waals surface area contributed by atoms with Crippen molar-refractivity contribution in [2.45, 2.75) is 40.0 Å². The highest BCUT2D eigenvalue weighted by Gasteiger charge is 2.30. The average Bonchev–Trinajstić information content (AvgIpc) is 3.08. The van der Waals surface area contributed by atoms with Crippen molar-refractivity contribution in [1.82, 2.24) is 19.6 Å². The maximum absolute atomic E-state index is 12.9. The first-order valence-corrected chi connectivity index (χ1v) is 11.6. The summed E-state index contributed by atoms with van der Waals surface area (Å²) in [6.45, 7) is 6.79. The lowest BCUT2D eigenvalue weighted by Crippen LogP contribution is -2.47. The molecule has 0 saturated carbocycles. The molecule has 33 heavy (non-hydrogen) atoms. The number of amides is 2. The zero-order valence-electron chi connectivity index (χ0n) is 19.6. The fourth-order valence-electron chi connectivity index (χ4n) is 4.10. The Morgan fingerprint density at radius 2 is 1.91 bits per heavy atom. The van der Waals surface area contributed by atoms with Crippen LogP contribution < -0.4 is 0 Å². The zero-order valence-corrected chi connectivity index (χ0v) is 20.4. The Balaban J connectivity index is 1.62. The Morgan fingerprint density at radius 3 is 2.58 bits per heavy atom. The van der Waals surface area contributed by atoms with E-state index in [-0.39, 0.29) is 36.7 Å². The minimum Gasteiger partial charge on any atom is -0.466 e. The number of hydrogen-bond acceptors (Lipinski definition) is 5. The van der Waals surface area contributed by atoms with Crippen LogP contribution in [0.25, 0.3) is 5.69 Å². The molecular formula is C24H31ClN4O4. The van der Waals surface area contributed by atoms with Crippen LogP contribution in [-0.4, -0.2) is 70.7 Å². The lowest BCUT2D eigenvalue weighted by molar-refractivity contribution is -0.152. The number of carbonyl (C=O) groups is 3. The second-order valence-corrected chi connectivity index (χ2v) is 8.83. The molecule has 2 amide bonds. The summed E-state index contributed by atoms with van der Waals surface area (Å²) in [5, 5.41) is 5.22. The third-order valence-corrected chi connectivity index (χ3v) is 6.28. The largest absolute Gasteiger partial charge is 0.466 e. The number of esters is 1. The SMILES string of the molecule is CCOC(=O)C1CCCN(C(=O)CN(C)C(=O)Cc2c(C)nn(-c3ccc(Cl)cc3)c2C)C1. The van der Waals surface area contributed by atoms with Crippen molar-refractivity contribution in [2.24, 2.45) is 5.92 Å². The Bertz CT molecular complexity index is 1020. The standard InChI is InChI=1S/C24H31ClN4O4/c1-5-33-24(32)18-7-6-12-28(14-18)23(31)15-27(4)22(30)13-21-16(2)26-29(17(21)3)20-10-8-19(25)9-11-20/h8-11,18H,5-7,12-15H2,1-4H3. The minimum absolute atomic E-state index is 0.0300. The molecule has 178 valence electrons. The quantitative estimate of drug-likeness (QED) is 0.576. The number of likely N-dealkylation sites (N-methyl/N-ethyl adjacent to an activating group) is 1. The highest BCUT2D eigenvalue weighted by molar-refractivity contribution is 6.30. The molecule has 0 spiro atoms. The number of benzene rings is 1. The molecular weight excluding hydrogens is 444 g/mol. The average molecular weight is 475 g/mol. The van der Waals surface area contributed by atoms with Crippen molar-refractivity contribution in [3.8, 4) is 5.69 Å². The summed E-state index contributed by atoms with van der Waals surface area (Å²) < 4.78 is 6.90. The first kappa shape index (κ1) is 24.8. The van der Waals surface area contributed by atoms with Crippen LogP contribution in [0.3, 0.4) is 0 Å². The summed E-state index contributed by atoms with van der Waals surface area (Å²) in [5.74, 6) is -0.884. The summed E-state index contributed by atoms with van der Waals surface area (Å²) in [4.78, 5) is 40.8. The van der Waals surface area contributed by atoms with Crippen LogP contribution in [0.2, 0.25) is 5.02 Å². The van der Waals surface area contributed by atoms with Gasteiger partial charge in [-0.3, -0.25) is 14.4 Å². The summed E-state index contributed by atoms with van der Waals surface area (Å²) in [5.41, 5.74) is 3.35. The van der Waals surface area contributed by atoms with Gasteiger partial charge in [0.15, 0.2) is 0 Å². The third kappa shape index (κ3) is 5.93. The van der Waals surface area contributed by atoms with Crippen LogP contribution in [0.15, 0.2) is 24.3 Å². The second kappa shape index (κ2) is 10.8. The Morgan fingerprint density at radius 1 is 1.21 bits per heavy atom. The monoisotopic (exact) mass is 474 g/mol. The first-order valence-electron chi connectivity index (χ1n) is 11.2. The number of aryl methyl sites for hydroxylation is 1. The van der Waals surface area contributed by atoms with Gasteiger partial charge in [-0.1, -0.05) is 11.6 Å². The molecule has 2 aromatic rings. The molecule has 1 saturated heterocycles. The van der Waals surface area contributed by atoms with E-state index >= 15 is 0 Å². The van der Waals surface area contributed by atoms with Crippen molar-refractivity contribution in [1.29, 1.82) is 0 Å². The molecule has 0 bridgehead atoms. The van der Waals surface area contributed by atoms with Crippen LogP contribution in [0.5, 0.6) is 0 Å². The number of nitrogens with zero attached hydrogens (tertiary/aromatic N) is 4. The van der Waals surface area contributed by atoms with Gasteiger partial charge in [0.2, 0.25) is 11.8 Å². The Labute approximate surface area is 199 Å². The molecule has 0 radical (unpaired) electrons. The van der Waals surface area contributed by atoms with Crippen molar-refractivity contribution in [3.05, 3.63) is 46.2 Å². The van der Waals surface area contributed by atoms with Gasteiger partial charge in [-0.05, 0) is 57.9 Å². The topological polar surface area (TPSA) is 84.7 Å². The number of ether oxygens (including phenoxy) is 1. The molecule has 1 aromatic carbocycles. The van der Waals surface area contributed by atoms with Crippen LogP contribution in [0.4, 0.5) is 0 Å². The van der Waals surface area contributed by atoms with Crippen LogP contribution >= 0.6 is 11.6 Å². The molecule has 1 aliphatic rings. The molecule has 2 heterocycles. The lowest BCUT2D eigenvalue weighted by atomic mass is 9.98. The molecule has 1 unspecified atom stereocenters. The lowest BCUT2D eigenvalue weighted by Gasteiger charge is -2.32. The smallest absolute Gasteiger partial charge is 0.310 e. The number of carbonyl (C=O) groups excluding carboxylic acids is 3. The number of hydrogen-bond donors (Lipinski definition) is 0. The van der Waals surface area contributed by atoms with Gasteiger partial charge in [-0.2, -0.15) is 5.10 Å². The van der Waals surface area contributed by atoms with Gasteiger partial charge in [-0.15, -0.1) is 0 Å². The van der Waals surface area contributed by atoms with Crippen molar-refractivity contribution >= 4 is 29.4 Å². The normalized spacial score (nSPS) is 15.9. The van der Waals surface area contributed by atoms with Crippen LogP contribution in [0.1, 0.15) is 36.7 Å². The molecule has 8 nitrogen and oxygen atoms in total. The number of likely N-dealkylation sites (tertiary alicyclic amines) is 1. The maximum atomic E-state index is 12.9. The van der Waals surface area contributed by atoms with Crippen LogP contribution in [-0.2, 0) is 25.5 Å². The highest BCUT2D eigenvalue weighted by Crippen LogP contribution is 2.21. The second-order valence-electron chi connectivity index (χ2n) is 8.40. The third-order valence-electron chi connectivity index (χ3n) is 6.03. The molecule has 1 aliphatic heterocycles. The van der Waals surface area contributed by atoms with E-state index in [1.54, 1.807) is 35.7 Å². The van der Waals surface area contributed by atoms with Gasteiger partial charge >= 0.3 is 5.97 Å². The van der Waals surface area contributed by atoms with Gasteiger partial charge in [0, 0.05) is 36.4 Å². The van der Waals surface area contributed by atoms with Crippen molar-refractivity contribution in [2.75, 3.05) is 33.3 Å². The first-order chi connectivity index (χ1) is 15.7. The van der Waals surface area contributed by atoms with E-state index in [9.17, 15) is 14.4 Å². The fourth-order valence-corrected chi connectivity index (χ4v) is 4.22. The van der Waals surface area contributed by atoms with Gasteiger partial charge < -0.3 is 14.5 Å². The van der Waals surface area contributed by atoms with Gasteiger partial charge in [-0.25, -0.2) is 4.68 Å². The summed E-state index contributed by atoms with van der Waals surface area (Å²) in [7, 11) is 1.63. The molecule has 1 atom stereocenters. The molecule has 0 N–H and O–H groups in total. The van der Waals surface area contributed by atoms with Crippen molar-refractivity contribution < 1.29 is 19.1 Å². The number of aromatic nitrogens is 2. The predicted octanol–water partition coefficient (Wildman–Crippen LogP) is 2.95. The molecule has 3 rings (SSSR count). The molecule has 1 aromatic heterocycles. The van der Waals surface area contributed by atoms with E-state index in [0.29, 0.717) is 31.1 Å². The zero-order chi connectivity index (χ0) is 24.1. The maximum Gasteiger partial charge on any atom is 0.310 e.